The van der Waals surface area contributed by atoms with Gasteiger partial charge in [0.25, 0.3) is 5.91 Å². The Hall–Kier alpha value is -3.56. The van der Waals surface area contributed by atoms with Crippen LogP contribution in [0.4, 0.5) is 0 Å². The first-order chi connectivity index (χ1) is 18.5. The first kappa shape index (κ1) is 27.5. The summed E-state index contributed by atoms with van der Waals surface area (Å²) in [6.07, 6.45) is 1.39. The van der Waals surface area contributed by atoms with Crippen molar-refractivity contribution in [3.63, 3.8) is 0 Å². The Morgan fingerprint density at radius 3 is 2.61 bits per heavy atom. The molecule has 202 valence electrons. The molecule has 0 radical (unpaired) electrons. The molecule has 0 saturated heterocycles. The van der Waals surface area contributed by atoms with Crippen molar-refractivity contribution in [1.82, 2.24) is 9.80 Å². The van der Waals surface area contributed by atoms with Crippen LogP contribution in [0.25, 0.3) is 0 Å². The van der Waals surface area contributed by atoms with Gasteiger partial charge in [-0.15, -0.1) is 11.3 Å². The molecule has 4 rings (SSSR count). The summed E-state index contributed by atoms with van der Waals surface area (Å²) in [5, 5.41) is 2.05. The molecule has 1 aliphatic rings. The fraction of sp³-hybridized carbons (Fsp3) is 0.379. The highest BCUT2D eigenvalue weighted by molar-refractivity contribution is 7.10. The third-order valence-electron chi connectivity index (χ3n) is 6.59. The standard InChI is InChI=1S/C29H34N2O6S/c1-34-16-7-14-30(29(33)21-8-6-9-22(18-21)35-2)19-28(32)31-15-12-27-23(13-17-38-27)24(31)20-37-26-11-5-4-10-25(26)36-3/h4-6,8-11,13,17-18,24H,7,12,14-16,19-20H2,1-3H3. The predicted octanol–water partition coefficient (Wildman–Crippen LogP) is 4.45. The van der Waals surface area contributed by atoms with E-state index in [9.17, 15) is 9.59 Å². The van der Waals surface area contributed by atoms with Crippen LogP contribution in [0, 0.1) is 0 Å². The summed E-state index contributed by atoms with van der Waals surface area (Å²) in [5.41, 5.74) is 1.57. The maximum absolute atomic E-state index is 13.8. The van der Waals surface area contributed by atoms with Gasteiger partial charge in [-0.2, -0.15) is 0 Å². The van der Waals surface area contributed by atoms with E-state index in [0.29, 0.717) is 48.9 Å². The molecular weight excluding hydrogens is 504 g/mol. The van der Waals surface area contributed by atoms with Gasteiger partial charge in [0.15, 0.2) is 11.5 Å². The number of amides is 2. The number of hydrogen-bond acceptors (Lipinski definition) is 7. The van der Waals surface area contributed by atoms with Crippen molar-refractivity contribution in [3.8, 4) is 17.2 Å². The highest BCUT2D eigenvalue weighted by Crippen LogP contribution is 2.35. The largest absolute Gasteiger partial charge is 0.497 e. The number of benzene rings is 2. The number of carbonyl (C=O) groups is 2. The smallest absolute Gasteiger partial charge is 0.254 e. The molecule has 9 heteroatoms. The summed E-state index contributed by atoms with van der Waals surface area (Å²) >= 11 is 1.70. The molecule has 2 amide bonds. The van der Waals surface area contributed by atoms with Crippen molar-refractivity contribution in [1.29, 1.82) is 0 Å². The highest BCUT2D eigenvalue weighted by Gasteiger charge is 2.34. The van der Waals surface area contributed by atoms with Crippen LogP contribution in [0.2, 0.25) is 0 Å². The van der Waals surface area contributed by atoms with Crippen molar-refractivity contribution in [2.24, 2.45) is 0 Å². The van der Waals surface area contributed by atoms with E-state index in [-0.39, 0.29) is 31.0 Å². The summed E-state index contributed by atoms with van der Waals surface area (Å²) in [7, 11) is 4.79. The SMILES string of the molecule is COCCCN(CC(=O)N1CCc2sccc2C1COc1ccccc1OC)C(=O)c1cccc(OC)c1. The number of carbonyl (C=O) groups excluding carboxylic acids is 2. The van der Waals surface area contributed by atoms with E-state index in [0.717, 1.165) is 12.0 Å². The number of thiophene rings is 1. The van der Waals surface area contributed by atoms with Gasteiger partial charge in [0.2, 0.25) is 5.91 Å². The van der Waals surface area contributed by atoms with Gasteiger partial charge in [0.05, 0.1) is 20.3 Å². The first-order valence-corrected chi connectivity index (χ1v) is 13.5. The van der Waals surface area contributed by atoms with Crippen molar-refractivity contribution < 1.29 is 28.5 Å². The Morgan fingerprint density at radius 2 is 1.84 bits per heavy atom. The second kappa shape index (κ2) is 13.3. The monoisotopic (exact) mass is 538 g/mol. The van der Waals surface area contributed by atoms with Gasteiger partial charge in [-0.1, -0.05) is 18.2 Å². The lowest BCUT2D eigenvalue weighted by Crippen LogP contribution is -2.48. The van der Waals surface area contributed by atoms with E-state index in [2.05, 4.69) is 11.4 Å². The third kappa shape index (κ3) is 6.46. The summed E-state index contributed by atoms with van der Waals surface area (Å²) in [4.78, 5) is 31.9. The molecule has 1 aromatic heterocycles. The van der Waals surface area contributed by atoms with Crippen LogP contribution in [-0.2, 0) is 16.0 Å². The number of rotatable bonds is 12. The predicted molar refractivity (Wildman–Crippen MR) is 146 cm³/mol. The van der Waals surface area contributed by atoms with Gasteiger partial charge in [-0.25, -0.2) is 0 Å². The molecule has 2 aromatic carbocycles. The van der Waals surface area contributed by atoms with Crippen LogP contribution in [-0.4, -0.2) is 75.8 Å². The molecule has 0 N–H and O–H groups in total. The Morgan fingerprint density at radius 1 is 1.03 bits per heavy atom. The summed E-state index contributed by atoms with van der Waals surface area (Å²) < 4.78 is 22.1. The number of ether oxygens (including phenoxy) is 4. The van der Waals surface area contributed by atoms with E-state index in [4.69, 9.17) is 18.9 Å². The molecule has 3 aromatic rings. The number of hydrogen-bond donors (Lipinski definition) is 0. The molecule has 0 spiro atoms. The normalized spacial score (nSPS) is 14.5. The van der Waals surface area contributed by atoms with E-state index >= 15 is 0 Å². The second-order valence-electron chi connectivity index (χ2n) is 8.92. The molecule has 8 nitrogen and oxygen atoms in total. The van der Waals surface area contributed by atoms with Crippen LogP contribution in [0.3, 0.4) is 0 Å². The Kier molecular flexibility index (Phi) is 9.62. The zero-order chi connectivity index (χ0) is 26.9. The van der Waals surface area contributed by atoms with Gasteiger partial charge in [-0.3, -0.25) is 9.59 Å². The van der Waals surface area contributed by atoms with Crippen LogP contribution < -0.4 is 14.2 Å². The number of fused-ring (bicyclic) bond motifs is 1. The fourth-order valence-corrected chi connectivity index (χ4v) is 5.55. The Labute approximate surface area is 227 Å². The number of methoxy groups -OCH3 is 3. The van der Waals surface area contributed by atoms with Crippen molar-refractivity contribution in [2.75, 3.05) is 54.2 Å². The van der Waals surface area contributed by atoms with Gasteiger partial charge in [0.1, 0.15) is 18.9 Å². The zero-order valence-corrected chi connectivity index (χ0v) is 22.9. The van der Waals surface area contributed by atoms with Crippen molar-refractivity contribution >= 4 is 23.2 Å². The Balaban J connectivity index is 1.54. The second-order valence-corrected chi connectivity index (χ2v) is 9.92. The molecule has 38 heavy (non-hydrogen) atoms. The molecule has 2 heterocycles. The van der Waals surface area contributed by atoms with Crippen molar-refractivity contribution in [3.05, 3.63) is 76.0 Å². The minimum atomic E-state index is -0.268. The molecular formula is C29H34N2O6S. The van der Waals surface area contributed by atoms with Crippen LogP contribution in [0.5, 0.6) is 17.2 Å². The van der Waals surface area contributed by atoms with Gasteiger partial charge in [-0.05, 0) is 60.2 Å². The van der Waals surface area contributed by atoms with Gasteiger partial charge < -0.3 is 28.7 Å². The molecule has 0 bridgehead atoms. The van der Waals surface area contributed by atoms with Crippen LogP contribution >= 0.6 is 11.3 Å². The molecule has 1 aliphatic heterocycles. The van der Waals surface area contributed by atoms with Crippen LogP contribution in [0.15, 0.2) is 60.0 Å². The summed E-state index contributed by atoms with van der Waals surface area (Å²) in [5.74, 6) is 1.51. The third-order valence-corrected chi connectivity index (χ3v) is 7.58. The van der Waals surface area contributed by atoms with Crippen LogP contribution in [0.1, 0.15) is 33.3 Å². The maximum atomic E-state index is 13.8. The summed E-state index contributed by atoms with van der Waals surface area (Å²) in [6.45, 7) is 1.70. The van der Waals surface area contributed by atoms with Gasteiger partial charge in [0, 0.05) is 37.2 Å². The lowest BCUT2D eigenvalue weighted by molar-refractivity contribution is -0.135. The van der Waals surface area contributed by atoms with Gasteiger partial charge >= 0.3 is 0 Å². The minimum absolute atomic E-state index is 0.0373. The lowest BCUT2D eigenvalue weighted by Gasteiger charge is -2.37. The maximum Gasteiger partial charge on any atom is 0.254 e. The van der Waals surface area contributed by atoms with E-state index in [1.54, 1.807) is 61.8 Å². The Bertz CT molecular complexity index is 1230. The molecule has 1 atom stereocenters. The minimum Gasteiger partial charge on any atom is -0.497 e. The first-order valence-electron chi connectivity index (χ1n) is 12.6. The topological polar surface area (TPSA) is 77.5 Å². The van der Waals surface area contributed by atoms with E-state index in [1.807, 2.05) is 29.2 Å². The molecule has 1 unspecified atom stereocenters. The number of nitrogens with zero attached hydrogens (tertiary/aromatic N) is 2. The highest BCUT2D eigenvalue weighted by atomic mass is 32.1. The average molecular weight is 539 g/mol. The average Bonchev–Trinajstić information content (AvgIpc) is 3.44. The van der Waals surface area contributed by atoms with E-state index < -0.39 is 0 Å². The number of para-hydroxylation sites is 2. The fourth-order valence-electron chi connectivity index (χ4n) is 4.63. The molecule has 0 saturated carbocycles. The van der Waals surface area contributed by atoms with Crippen molar-refractivity contribution in [2.45, 2.75) is 18.9 Å². The lowest BCUT2D eigenvalue weighted by atomic mass is 10.00. The molecule has 0 aliphatic carbocycles. The quantitative estimate of drug-likeness (QED) is 0.317. The van der Waals surface area contributed by atoms with E-state index in [1.165, 1.54) is 4.88 Å². The molecule has 0 fully saturated rings. The summed E-state index contributed by atoms with van der Waals surface area (Å²) in [6, 6.07) is 16.3. The zero-order valence-electron chi connectivity index (χ0n) is 22.1.